The summed E-state index contributed by atoms with van der Waals surface area (Å²) in [4.78, 5) is 20.4. The molecule has 0 saturated carbocycles. The van der Waals surface area contributed by atoms with Gasteiger partial charge in [-0.2, -0.15) is 0 Å². The molecule has 0 fully saturated rings. The second-order valence-corrected chi connectivity index (χ2v) is 1.82. The van der Waals surface area contributed by atoms with Crippen molar-refractivity contribution >= 4 is 11.9 Å². The lowest BCUT2D eigenvalue weighted by Gasteiger charge is -2.10. The predicted octanol–water partition coefficient (Wildman–Crippen LogP) is -2.71. The standard InChI is InChI=1S/C5H8O7/c6-1-2(3(7)8)12-5(11)4(9)10/h2,4,6,9-10H,1H2,(H,7,8). The van der Waals surface area contributed by atoms with Crippen LogP contribution in [0.15, 0.2) is 0 Å². The molecule has 0 amide bonds. The fourth-order valence-corrected chi connectivity index (χ4v) is 0.367. The maximum absolute atomic E-state index is 10.3. The van der Waals surface area contributed by atoms with Crippen molar-refractivity contribution in [3.8, 4) is 0 Å². The molecule has 12 heavy (non-hydrogen) atoms. The molecular formula is C5H8O7. The van der Waals surface area contributed by atoms with Crippen molar-refractivity contribution in [3.63, 3.8) is 0 Å². The van der Waals surface area contributed by atoms with Gasteiger partial charge < -0.3 is 25.2 Å². The van der Waals surface area contributed by atoms with Crippen LogP contribution in [0.25, 0.3) is 0 Å². The van der Waals surface area contributed by atoms with Crippen molar-refractivity contribution in [1.82, 2.24) is 0 Å². The molecule has 7 heteroatoms. The number of aliphatic hydroxyl groups is 3. The Morgan fingerprint density at radius 1 is 1.33 bits per heavy atom. The minimum atomic E-state index is -2.39. The van der Waals surface area contributed by atoms with E-state index in [1.807, 2.05) is 0 Å². The van der Waals surface area contributed by atoms with Gasteiger partial charge in [0.05, 0.1) is 6.61 Å². The van der Waals surface area contributed by atoms with E-state index in [1.165, 1.54) is 0 Å². The van der Waals surface area contributed by atoms with E-state index >= 15 is 0 Å². The second-order valence-electron chi connectivity index (χ2n) is 1.82. The van der Waals surface area contributed by atoms with Crippen LogP contribution in [0.2, 0.25) is 0 Å². The van der Waals surface area contributed by atoms with E-state index in [2.05, 4.69) is 4.74 Å². The van der Waals surface area contributed by atoms with Crippen LogP contribution in [0.5, 0.6) is 0 Å². The average Bonchev–Trinajstić information content (AvgIpc) is 1.98. The van der Waals surface area contributed by atoms with Crippen molar-refractivity contribution in [2.45, 2.75) is 12.4 Å². The Morgan fingerprint density at radius 3 is 2.08 bits per heavy atom. The van der Waals surface area contributed by atoms with Crippen LogP contribution >= 0.6 is 0 Å². The number of ether oxygens (including phenoxy) is 1. The van der Waals surface area contributed by atoms with Crippen LogP contribution in [0.1, 0.15) is 0 Å². The van der Waals surface area contributed by atoms with E-state index in [-0.39, 0.29) is 0 Å². The average molecular weight is 180 g/mol. The first-order chi connectivity index (χ1) is 5.49. The van der Waals surface area contributed by atoms with E-state index in [1.54, 1.807) is 0 Å². The Morgan fingerprint density at radius 2 is 1.83 bits per heavy atom. The first kappa shape index (κ1) is 10.8. The Bertz CT molecular complexity index is 175. The monoisotopic (exact) mass is 180 g/mol. The maximum atomic E-state index is 10.3. The molecule has 0 spiro atoms. The Kier molecular flexibility index (Phi) is 4.19. The van der Waals surface area contributed by atoms with Crippen molar-refractivity contribution in [1.29, 1.82) is 0 Å². The molecule has 4 N–H and O–H groups in total. The van der Waals surface area contributed by atoms with Gasteiger partial charge in [0.25, 0.3) is 6.29 Å². The van der Waals surface area contributed by atoms with Gasteiger partial charge >= 0.3 is 11.9 Å². The topological polar surface area (TPSA) is 124 Å². The first-order valence-corrected chi connectivity index (χ1v) is 2.89. The zero-order valence-corrected chi connectivity index (χ0v) is 5.88. The number of carbonyl (C=O) groups is 2. The summed E-state index contributed by atoms with van der Waals surface area (Å²) in [7, 11) is 0. The molecule has 0 aromatic heterocycles. The van der Waals surface area contributed by atoms with Gasteiger partial charge in [0, 0.05) is 0 Å². The largest absolute Gasteiger partial charge is 0.478 e. The Hall–Kier alpha value is -1.18. The highest BCUT2D eigenvalue weighted by Crippen LogP contribution is 1.94. The molecule has 1 atom stereocenters. The number of aliphatic hydroxyl groups excluding tert-OH is 2. The van der Waals surface area contributed by atoms with Crippen LogP contribution in [-0.2, 0) is 14.3 Å². The predicted molar refractivity (Wildman–Crippen MR) is 32.8 cm³/mol. The molecule has 0 saturated heterocycles. The minimum absolute atomic E-state index is 0.923. The van der Waals surface area contributed by atoms with Crippen LogP contribution in [0.3, 0.4) is 0 Å². The smallest absolute Gasteiger partial charge is 0.364 e. The van der Waals surface area contributed by atoms with E-state index < -0.39 is 30.9 Å². The molecule has 0 rings (SSSR count). The fraction of sp³-hybridized carbons (Fsp3) is 0.600. The number of carboxylic acids is 1. The van der Waals surface area contributed by atoms with E-state index in [0.717, 1.165) is 0 Å². The molecule has 0 aliphatic rings. The molecule has 0 heterocycles. The van der Waals surface area contributed by atoms with Gasteiger partial charge in [-0.3, -0.25) is 0 Å². The van der Waals surface area contributed by atoms with E-state index in [0.29, 0.717) is 0 Å². The molecule has 0 aliphatic carbocycles. The molecule has 70 valence electrons. The number of rotatable bonds is 4. The van der Waals surface area contributed by atoms with Gasteiger partial charge in [0.15, 0.2) is 0 Å². The lowest BCUT2D eigenvalue weighted by molar-refractivity contribution is -0.186. The summed E-state index contributed by atoms with van der Waals surface area (Å²) in [6, 6.07) is 0. The van der Waals surface area contributed by atoms with Crippen molar-refractivity contribution in [2.75, 3.05) is 6.61 Å². The summed E-state index contributed by atoms with van der Waals surface area (Å²) < 4.78 is 3.93. The summed E-state index contributed by atoms with van der Waals surface area (Å²) in [5.41, 5.74) is 0. The lowest BCUT2D eigenvalue weighted by atomic mass is 10.4. The van der Waals surface area contributed by atoms with Gasteiger partial charge in [0.1, 0.15) is 0 Å². The zero-order chi connectivity index (χ0) is 9.72. The molecule has 0 aliphatic heterocycles. The number of esters is 1. The third kappa shape index (κ3) is 3.28. The summed E-state index contributed by atoms with van der Waals surface area (Å²) in [6.45, 7) is -0.923. The summed E-state index contributed by atoms with van der Waals surface area (Å²) >= 11 is 0. The van der Waals surface area contributed by atoms with E-state index in [9.17, 15) is 9.59 Å². The third-order valence-corrected chi connectivity index (χ3v) is 0.910. The van der Waals surface area contributed by atoms with Crippen molar-refractivity contribution in [2.24, 2.45) is 0 Å². The maximum Gasteiger partial charge on any atom is 0.364 e. The lowest BCUT2D eigenvalue weighted by Crippen LogP contribution is -2.34. The highest BCUT2D eigenvalue weighted by Gasteiger charge is 2.24. The molecular weight excluding hydrogens is 172 g/mol. The minimum Gasteiger partial charge on any atom is -0.478 e. The molecule has 0 aromatic carbocycles. The van der Waals surface area contributed by atoms with Crippen LogP contribution in [0, 0.1) is 0 Å². The van der Waals surface area contributed by atoms with Crippen LogP contribution < -0.4 is 0 Å². The quantitative estimate of drug-likeness (QED) is 0.274. The van der Waals surface area contributed by atoms with Crippen molar-refractivity contribution < 1.29 is 34.8 Å². The number of hydrogen-bond donors (Lipinski definition) is 4. The zero-order valence-electron chi connectivity index (χ0n) is 5.88. The third-order valence-electron chi connectivity index (χ3n) is 0.910. The summed E-state index contributed by atoms with van der Waals surface area (Å²) in [6.07, 6.45) is -4.15. The van der Waals surface area contributed by atoms with Gasteiger partial charge in [0.2, 0.25) is 6.10 Å². The second kappa shape index (κ2) is 4.65. The molecule has 0 radical (unpaired) electrons. The molecule has 7 nitrogen and oxygen atoms in total. The fourth-order valence-electron chi connectivity index (χ4n) is 0.367. The first-order valence-electron chi connectivity index (χ1n) is 2.89. The van der Waals surface area contributed by atoms with Gasteiger partial charge in [-0.1, -0.05) is 0 Å². The van der Waals surface area contributed by atoms with Gasteiger partial charge in [-0.05, 0) is 0 Å². The number of carboxylic acid groups (broad SMARTS) is 1. The van der Waals surface area contributed by atoms with Gasteiger partial charge in [-0.15, -0.1) is 0 Å². The highest BCUT2D eigenvalue weighted by molar-refractivity contribution is 5.79. The summed E-state index contributed by atoms with van der Waals surface area (Å²) in [5, 5.41) is 32.8. The van der Waals surface area contributed by atoms with Gasteiger partial charge in [-0.25, -0.2) is 9.59 Å². The van der Waals surface area contributed by atoms with Crippen molar-refractivity contribution in [3.05, 3.63) is 0 Å². The van der Waals surface area contributed by atoms with E-state index in [4.69, 9.17) is 20.4 Å². The molecule has 0 bridgehead atoms. The summed E-state index contributed by atoms with van der Waals surface area (Å²) in [5.74, 6) is -3.08. The number of aliphatic carboxylic acids is 1. The van der Waals surface area contributed by atoms with Crippen LogP contribution in [-0.4, -0.2) is 51.4 Å². The van der Waals surface area contributed by atoms with Crippen LogP contribution in [0.4, 0.5) is 0 Å². The molecule has 0 aromatic rings. The normalized spacial score (nSPS) is 12.7. The Balaban J connectivity index is 4.03. The molecule has 1 unspecified atom stereocenters. The number of carbonyl (C=O) groups excluding carboxylic acids is 1. The SMILES string of the molecule is O=C(OC(CO)C(=O)O)C(O)O. The Labute approximate surface area is 66.8 Å². The highest BCUT2D eigenvalue weighted by atomic mass is 16.6. The number of hydrogen-bond acceptors (Lipinski definition) is 6.